The van der Waals surface area contributed by atoms with Gasteiger partial charge in [0.05, 0.1) is 24.8 Å². The zero-order chi connectivity index (χ0) is 20.0. The molecule has 4 rings (SSSR count). The molecule has 0 aliphatic carbocycles. The summed E-state index contributed by atoms with van der Waals surface area (Å²) in [4.78, 5) is 20.6. The molecule has 0 saturated heterocycles. The van der Waals surface area contributed by atoms with Crippen LogP contribution in [0.3, 0.4) is 0 Å². The van der Waals surface area contributed by atoms with Gasteiger partial charge in [0.1, 0.15) is 16.3 Å². The van der Waals surface area contributed by atoms with Crippen LogP contribution in [-0.4, -0.2) is 43.5 Å². The number of carbonyl (C=O) groups excluding carboxylic acids is 1. The lowest BCUT2D eigenvalue weighted by atomic mass is 9.91. The summed E-state index contributed by atoms with van der Waals surface area (Å²) < 4.78 is 11.1. The molecule has 0 saturated carbocycles. The molecule has 0 amide bonds. The Kier molecular flexibility index (Phi) is 4.72. The van der Waals surface area contributed by atoms with Gasteiger partial charge in [-0.3, -0.25) is 4.79 Å². The van der Waals surface area contributed by atoms with Gasteiger partial charge < -0.3 is 20.1 Å². The molecule has 3 aromatic rings. The predicted octanol–water partition coefficient (Wildman–Crippen LogP) is 3.75. The number of ketones is 1. The molecular weight excluding hydrogens is 374 g/mol. The van der Waals surface area contributed by atoms with Crippen LogP contribution < -0.4 is 15.2 Å². The maximum atomic E-state index is 12.1. The fraction of sp³-hybridized carbons (Fsp3) is 0.333. The summed E-state index contributed by atoms with van der Waals surface area (Å²) >= 11 is 1.37. The molecule has 0 spiro atoms. The molecule has 2 N–H and O–H groups in total. The van der Waals surface area contributed by atoms with Crippen LogP contribution in [0, 0.1) is 0 Å². The van der Waals surface area contributed by atoms with Gasteiger partial charge in [0.25, 0.3) is 0 Å². The number of methoxy groups -OCH3 is 2. The van der Waals surface area contributed by atoms with Gasteiger partial charge in [0.2, 0.25) is 0 Å². The molecule has 0 radical (unpaired) electrons. The van der Waals surface area contributed by atoms with E-state index in [-0.39, 0.29) is 5.78 Å². The maximum absolute atomic E-state index is 12.1. The number of nitrogen functional groups attached to an aromatic ring is 1. The zero-order valence-electron chi connectivity index (χ0n) is 16.5. The molecule has 6 nitrogen and oxygen atoms in total. The Hall–Kier alpha value is -2.64. The Morgan fingerprint density at radius 2 is 2.07 bits per heavy atom. The fourth-order valence-corrected chi connectivity index (χ4v) is 4.85. The van der Waals surface area contributed by atoms with Gasteiger partial charge in [-0.1, -0.05) is 0 Å². The maximum Gasteiger partial charge on any atom is 0.171 e. The summed E-state index contributed by atoms with van der Waals surface area (Å²) in [6.45, 7) is 3.25. The number of anilines is 1. The van der Waals surface area contributed by atoms with E-state index in [9.17, 15) is 4.79 Å². The number of fused-ring (bicyclic) bond motifs is 2. The van der Waals surface area contributed by atoms with Crippen molar-refractivity contribution in [1.29, 1.82) is 0 Å². The number of carbonyl (C=O) groups is 1. The smallest absolute Gasteiger partial charge is 0.171 e. The lowest BCUT2D eigenvalue weighted by Gasteiger charge is -2.27. The minimum atomic E-state index is -0.0425. The lowest BCUT2D eigenvalue weighted by molar-refractivity contribution is 0.102. The van der Waals surface area contributed by atoms with Gasteiger partial charge >= 0.3 is 0 Å². The normalized spacial score (nSPS) is 14.1. The van der Waals surface area contributed by atoms with Crippen molar-refractivity contribution in [3.8, 4) is 22.6 Å². The van der Waals surface area contributed by atoms with Gasteiger partial charge in [0, 0.05) is 48.6 Å². The average Bonchev–Trinajstić information content (AvgIpc) is 3.02. The first-order valence-corrected chi connectivity index (χ1v) is 9.91. The number of rotatable bonds is 4. The van der Waals surface area contributed by atoms with Crippen LogP contribution in [0.2, 0.25) is 0 Å². The number of hydrogen-bond donors (Lipinski definition) is 1. The van der Waals surface area contributed by atoms with Crippen molar-refractivity contribution in [2.45, 2.75) is 19.9 Å². The first-order chi connectivity index (χ1) is 13.4. The van der Waals surface area contributed by atoms with E-state index in [1.807, 2.05) is 18.2 Å². The molecule has 7 heteroatoms. The van der Waals surface area contributed by atoms with Gasteiger partial charge in [-0.2, -0.15) is 0 Å². The van der Waals surface area contributed by atoms with Crippen LogP contribution in [0.1, 0.15) is 27.9 Å². The number of nitrogens with zero attached hydrogens (tertiary/aromatic N) is 2. The highest BCUT2D eigenvalue weighted by atomic mass is 32.1. The van der Waals surface area contributed by atoms with E-state index < -0.39 is 0 Å². The monoisotopic (exact) mass is 397 g/mol. The lowest BCUT2D eigenvalue weighted by Crippen LogP contribution is -2.28. The summed E-state index contributed by atoms with van der Waals surface area (Å²) in [5.74, 6) is 1.43. The summed E-state index contributed by atoms with van der Waals surface area (Å²) in [5.41, 5.74) is 11.0. The van der Waals surface area contributed by atoms with Crippen molar-refractivity contribution in [2.75, 3.05) is 33.5 Å². The van der Waals surface area contributed by atoms with E-state index >= 15 is 0 Å². The second-order valence-corrected chi connectivity index (χ2v) is 8.05. The number of ether oxygens (including phenoxy) is 2. The molecule has 3 heterocycles. The van der Waals surface area contributed by atoms with Gasteiger partial charge in [-0.25, -0.2) is 4.98 Å². The van der Waals surface area contributed by atoms with Crippen LogP contribution in [0.5, 0.6) is 11.5 Å². The highest BCUT2D eigenvalue weighted by molar-refractivity contribution is 7.21. The number of nitrogens with two attached hydrogens (primary N) is 1. The van der Waals surface area contributed by atoms with E-state index in [2.05, 4.69) is 11.9 Å². The van der Waals surface area contributed by atoms with E-state index in [0.29, 0.717) is 10.6 Å². The Morgan fingerprint density at radius 3 is 2.75 bits per heavy atom. The first-order valence-electron chi connectivity index (χ1n) is 9.10. The molecular formula is C21H23N3O3S. The Bertz CT molecular complexity index is 1090. The molecule has 0 atom stereocenters. The van der Waals surface area contributed by atoms with E-state index in [0.717, 1.165) is 63.6 Å². The Labute approximate surface area is 167 Å². The number of thiophene rings is 1. The third kappa shape index (κ3) is 2.91. The standard InChI is InChI=1S/C21H23N3O3S/c1-11(25)20-19(22)18-17(13-9-12(26-3)5-6-16(13)27-4)14-10-24(2)8-7-15(14)23-21(18)28-20/h5-6,9H,7-8,10,22H2,1-4H3. The van der Waals surface area contributed by atoms with Crippen molar-refractivity contribution < 1.29 is 14.3 Å². The van der Waals surface area contributed by atoms with E-state index in [4.69, 9.17) is 20.2 Å². The number of benzene rings is 1. The zero-order valence-corrected chi connectivity index (χ0v) is 17.3. The second-order valence-electron chi connectivity index (χ2n) is 7.05. The Morgan fingerprint density at radius 1 is 1.29 bits per heavy atom. The largest absolute Gasteiger partial charge is 0.497 e. The van der Waals surface area contributed by atoms with Gasteiger partial charge in [0.15, 0.2) is 5.78 Å². The van der Waals surface area contributed by atoms with Crippen molar-refractivity contribution in [3.63, 3.8) is 0 Å². The van der Waals surface area contributed by atoms with Crippen LogP contribution >= 0.6 is 11.3 Å². The minimum absolute atomic E-state index is 0.0425. The fourth-order valence-electron chi connectivity index (χ4n) is 3.83. The van der Waals surface area contributed by atoms with Crippen LogP contribution in [0.4, 0.5) is 5.69 Å². The number of pyridine rings is 1. The average molecular weight is 398 g/mol. The number of Topliss-reactive ketones (excluding diaryl/α,β-unsaturated/α-hetero) is 1. The molecule has 2 aromatic heterocycles. The third-order valence-corrected chi connectivity index (χ3v) is 6.42. The van der Waals surface area contributed by atoms with E-state index in [1.54, 1.807) is 21.1 Å². The minimum Gasteiger partial charge on any atom is -0.497 e. The van der Waals surface area contributed by atoms with Crippen LogP contribution in [0.15, 0.2) is 18.2 Å². The van der Waals surface area contributed by atoms with Crippen molar-refractivity contribution in [3.05, 3.63) is 34.3 Å². The summed E-state index contributed by atoms with van der Waals surface area (Å²) in [6, 6.07) is 5.73. The van der Waals surface area contributed by atoms with Crippen LogP contribution in [0.25, 0.3) is 21.3 Å². The van der Waals surface area contributed by atoms with Gasteiger partial charge in [-0.15, -0.1) is 11.3 Å². The number of hydrogen-bond acceptors (Lipinski definition) is 7. The SMILES string of the molecule is COc1ccc(OC)c(-c2c3c(nc4sc(C(C)=O)c(N)c24)CCN(C)C3)c1. The predicted molar refractivity (Wildman–Crippen MR) is 113 cm³/mol. The molecule has 1 aliphatic heterocycles. The number of likely N-dealkylation sites (N-methyl/N-ethyl adjacent to an activating group) is 1. The van der Waals surface area contributed by atoms with Crippen molar-refractivity contribution in [1.82, 2.24) is 9.88 Å². The third-order valence-electron chi connectivity index (χ3n) is 5.22. The number of aromatic nitrogens is 1. The van der Waals surface area contributed by atoms with Gasteiger partial charge in [-0.05, 0) is 30.8 Å². The van der Waals surface area contributed by atoms with Crippen LogP contribution in [-0.2, 0) is 13.0 Å². The summed E-state index contributed by atoms with van der Waals surface area (Å²) in [7, 11) is 5.39. The molecule has 0 unspecified atom stereocenters. The Balaban J connectivity index is 2.14. The molecule has 146 valence electrons. The molecule has 0 bridgehead atoms. The summed E-state index contributed by atoms with van der Waals surface area (Å²) in [5, 5.41) is 0.829. The highest BCUT2D eigenvalue weighted by Gasteiger charge is 2.27. The quantitative estimate of drug-likeness (QED) is 0.676. The molecule has 1 aliphatic rings. The van der Waals surface area contributed by atoms with Crippen molar-refractivity contribution >= 4 is 33.0 Å². The second kappa shape index (κ2) is 7.07. The van der Waals surface area contributed by atoms with E-state index in [1.165, 1.54) is 11.3 Å². The summed E-state index contributed by atoms with van der Waals surface area (Å²) in [6.07, 6.45) is 0.855. The topological polar surface area (TPSA) is 77.7 Å². The highest BCUT2D eigenvalue weighted by Crippen LogP contribution is 2.46. The van der Waals surface area contributed by atoms with Crippen molar-refractivity contribution in [2.24, 2.45) is 0 Å². The molecule has 1 aromatic carbocycles. The first kappa shape index (κ1) is 18.7. The molecule has 28 heavy (non-hydrogen) atoms. The molecule has 0 fully saturated rings.